The van der Waals surface area contributed by atoms with Gasteiger partial charge in [0.15, 0.2) is 5.69 Å². The molecular weight excluding hydrogens is 171 g/mol. The Kier molecular flexibility index (Phi) is 2.16. The van der Waals surface area contributed by atoms with E-state index < -0.39 is 11.9 Å². The van der Waals surface area contributed by atoms with Gasteiger partial charge in [-0.1, -0.05) is 0 Å². The van der Waals surface area contributed by atoms with E-state index in [9.17, 15) is 13.2 Å². The Balaban J connectivity index is 3.02. The van der Waals surface area contributed by atoms with Gasteiger partial charge in [-0.2, -0.15) is 13.2 Å². The molecule has 1 heterocycles. The van der Waals surface area contributed by atoms with E-state index in [1.54, 1.807) is 0 Å². The van der Waals surface area contributed by atoms with Gasteiger partial charge in [-0.05, 0) is 0 Å². The van der Waals surface area contributed by atoms with E-state index in [0.29, 0.717) is 6.20 Å². The molecule has 0 unspecified atom stereocenters. The summed E-state index contributed by atoms with van der Waals surface area (Å²) in [6.07, 6.45) is -2.53. The van der Waals surface area contributed by atoms with Crippen LogP contribution in [-0.2, 0) is 6.18 Å². The average molecular weight is 177 g/mol. The number of anilines is 1. The fourth-order valence-electron chi connectivity index (χ4n) is 0.623. The summed E-state index contributed by atoms with van der Waals surface area (Å²) in [6.45, 7) is 0. The molecule has 0 aromatic carbocycles. The summed E-state index contributed by atoms with van der Waals surface area (Å²) in [6, 6.07) is 0. The highest BCUT2D eigenvalue weighted by Crippen LogP contribution is 2.27. The Morgan fingerprint density at radius 2 is 2.00 bits per heavy atom. The van der Waals surface area contributed by atoms with Crippen molar-refractivity contribution in [2.24, 2.45) is 0 Å². The lowest BCUT2D eigenvalue weighted by atomic mass is 10.4. The maximum absolute atomic E-state index is 12.0. The first kappa shape index (κ1) is 8.76. The number of rotatable bonds is 1. The summed E-state index contributed by atoms with van der Waals surface area (Å²) < 4.78 is 35.9. The SMILES string of the molecule is CNc1cncc(C(F)(F)F)n1. The number of halogens is 3. The fraction of sp³-hybridized carbons (Fsp3) is 0.333. The second-order valence-corrected chi connectivity index (χ2v) is 2.04. The van der Waals surface area contributed by atoms with Gasteiger partial charge >= 0.3 is 6.18 Å². The molecule has 0 saturated carbocycles. The van der Waals surface area contributed by atoms with E-state index in [2.05, 4.69) is 15.3 Å². The Bertz CT molecular complexity index is 271. The van der Waals surface area contributed by atoms with Gasteiger partial charge in [0, 0.05) is 7.05 Å². The third kappa shape index (κ3) is 1.84. The third-order valence-electron chi connectivity index (χ3n) is 1.18. The average Bonchev–Trinajstić information content (AvgIpc) is 2.03. The molecule has 66 valence electrons. The Labute approximate surface area is 66.6 Å². The van der Waals surface area contributed by atoms with Crippen LogP contribution in [0.1, 0.15) is 5.69 Å². The lowest BCUT2D eigenvalue weighted by Gasteiger charge is -2.05. The molecule has 0 fully saturated rings. The Hall–Kier alpha value is -1.33. The Morgan fingerprint density at radius 3 is 2.50 bits per heavy atom. The summed E-state index contributed by atoms with van der Waals surface area (Å²) >= 11 is 0. The van der Waals surface area contributed by atoms with Gasteiger partial charge in [-0.3, -0.25) is 4.98 Å². The minimum absolute atomic E-state index is 0.102. The van der Waals surface area contributed by atoms with Crippen molar-refractivity contribution >= 4 is 5.82 Å². The minimum Gasteiger partial charge on any atom is -0.372 e. The number of nitrogens with zero attached hydrogens (tertiary/aromatic N) is 2. The molecular formula is C6H6F3N3. The van der Waals surface area contributed by atoms with Crippen molar-refractivity contribution in [2.75, 3.05) is 12.4 Å². The van der Waals surface area contributed by atoms with Crippen LogP contribution in [0.15, 0.2) is 12.4 Å². The molecule has 0 spiro atoms. The number of alkyl halides is 3. The second kappa shape index (κ2) is 2.96. The van der Waals surface area contributed by atoms with Crippen molar-refractivity contribution in [3.05, 3.63) is 18.1 Å². The van der Waals surface area contributed by atoms with Gasteiger partial charge in [-0.25, -0.2) is 4.98 Å². The molecule has 0 amide bonds. The molecule has 0 bridgehead atoms. The summed E-state index contributed by atoms with van der Waals surface area (Å²) in [4.78, 5) is 6.64. The van der Waals surface area contributed by atoms with Crippen molar-refractivity contribution in [3.63, 3.8) is 0 Å². The van der Waals surface area contributed by atoms with Gasteiger partial charge in [-0.15, -0.1) is 0 Å². The first-order valence-electron chi connectivity index (χ1n) is 3.11. The highest BCUT2D eigenvalue weighted by Gasteiger charge is 2.32. The van der Waals surface area contributed by atoms with Crippen LogP contribution in [0.2, 0.25) is 0 Å². The highest BCUT2D eigenvalue weighted by molar-refractivity contribution is 5.30. The van der Waals surface area contributed by atoms with E-state index in [4.69, 9.17) is 0 Å². The predicted molar refractivity (Wildman–Crippen MR) is 36.6 cm³/mol. The molecule has 12 heavy (non-hydrogen) atoms. The molecule has 3 nitrogen and oxygen atoms in total. The molecule has 0 aliphatic rings. The monoisotopic (exact) mass is 177 g/mol. The number of hydrogen-bond acceptors (Lipinski definition) is 3. The van der Waals surface area contributed by atoms with Crippen molar-refractivity contribution in [2.45, 2.75) is 6.18 Å². The predicted octanol–water partition coefficient (Wildman–Crippen LogP) is 1.54. The van der Waals surface area contributed by atoms with Crippen LogP contribution in [0.5, 0.6) is 0 Å². The van der Waals surface area contributed by atoms with E-state index >= 15 is 0 Å². The van der Waals surface area contributed by atoms with Crippen LogP contribution >= 0.6 is 0 Å². The molecule has 0 radical (unpaired) electrons. The molecule has 0 atom stereocenters. The van der Waals surface area contributed by atoms with Crippen LogP contribution in [-0.4, -0.2) is 17.0 Å². The molecule has 1 aromatic rings. The molecule has 1 aromatic heterocycles. The summed E-state index contributed by atoms with van der Waals surface area (Å²) in [5.41, 5.74) is -0.991. The quantitative estimate of drug-likeness (QED) is 0.706. The lowest BCUT2D eigenvalue weighted by molar-refractivity contribution is -0.141. The standard InChI is InChI=1S/C6H6F3N3/c1-10-5-3-11-2-4(12-5)6(7,8)9/h2-3H,1H3,(H,10,12). The molecule has 1 N–H and O–H groups in total. The lowest BCUT2D eigenvalue weighted by Crippen LogP contribution is -2.09. The van der Waals surface area contributed by atoms with Gasteiger partial charge in [0.05, 0.1) is 12.4 Å². The summed E-state index contributed by atoms with van der Waals surface area (Å²) in [5, 5.41) is 2.47. The maximum Gasteiger partial charge on any atom is 0.434 e. The maximum atomic E-state index is 12.0. The van der Waals surface area contributed by atoms with Crippen molar-refractivity contribution in [1.82, 2.24) is 9.97 Å². The number of hydrogen-bond donors (Lipinski definition) is 1. The molecule has 0 saturated heterocycles. The Morgan fingerprint density at radius 1 is 1.33 bits per heavy atom. The fourth-order valence-corrected chi connectivity index (χ4v) is 0.623. The van der Waals surface area contributed by atoms with Gasteiger partial charge in [0.2, 0.25) is 0 Å². The summed E-state index contributed by atoms with van der Waals surface area (Å²) in [7, 11) is 1.48. The van der Waals surface area contributed by atoms with Crippen LogP contribution < -0.4 is 5.32 Å². The summed E-state index contributed by atoms with van der Waals surface area (Å²) in [5.74, 6) is 0.102. The zero-order valence-corrected chi connectivity index (χ0v) is 6.18. The first-order valence-corrected chi connectivity index (χ1v) is 3.11. The van der Waals surface area contributed by atoms with E-state index in [-0.39, 0.29) is 5.82 Å². The van der Waals surface area contributed by atoms with Crippen LogP contribution in [0, 0.1) is 0 Å². The van der Waals surface area contributed by atoms with Gasteiger partial charge in [0.1, 0.15) is 5.82 Å². The first-order chi connectivity index (χ1) is 5.54. The molecule has 6 heteroatoms. The number of nitrogens with one attached hydrogen (secondary N) is 1. The van der Waals surface area contributed by atoms with Crippen molar-refractivity contribution in [1.29, 1.82) is 0 Å². The van der Waals surface area contributed by atoms with E-state index in [0.717, 1.165) is 0 Å². The smallest absolute Gasteiger partial charge is 0.372 e. The number of aromatic nitrogens is 2. The van der Waals surface area contributed by atoms with Gasteiger partial charge in [0.25, 0.3) is 0 Å². The minimum atomic E-state index is -4.43. The van der Waals surface area contributed by atoms with Crippen LogP contribution in [0.4, 0.5) is 19.0 Å². The normalized spacial score (nSPS) is 11.3. The topological polar surface area (TPSA) is 37.8 Å². The largest absolute Gasteiger partial charge is 0.434 e. The molecule has 0 aliphatic carbocycles. The highest BCUT2D eigenvalue weighted by atomic mass is 19.4. The van der Waals surface area contributed by atoms with E-state index in [1.165, 1.54) is 13.2 Å². The van der Waals surface area contributed by atoms with Gasteiger partial charge < -0.3 is 5.32 Å². The molecule has 0 aliphatic heterocycles. The van der Waals surface area contributed by atoms with Crippen LogP contribution in [0.3, 0.4) is 0 Å². The zero-order chi connectivity index (χ0) is 9.19. The van der Waals surface area contributed by atoms with Crippen molar-refractivity contribution < 1.29 is 13.2 Å². The third-order valence-corrected chi connectivity index (χ3v) is 1.18. The zero-order valence-electron chi connectivity index (χ0n) is 6.18. The van der Waals surface area contributed by atoms with E-state index in [1.807, 2.05) is 0 Å². The van der Waals surface area contributed by atoms with Crippen LogP contribution in [0.25, 0.3) is 0 Å². The van der Waals surface area contributed by atoms with Crippen molar-refractivity contribution in [3.8, 4) is 0 Å². The second-order valence-electron chi connectivity index (χ2n) is 2.04. The molecule has 1 rings (SSSR count).